The summed E-state index contributed by atoms with van der Waals surface area (Å²) in [5, 5.41) is 0. The standard InChI is InChI=1S/C57H57N/c1-54(2)26-27-55(3,4)53-50(54)16-11-17-52(53)58(42-23-24-45-43-12-7-9-14-47(43)56(5,6)51(45)34-42)41-21-18-37(19-22-41)38-20-25-49-46(33-38)44-13-8-10-15-48(44)57(49)39-29-35-28-36(31-39)32-40(57)30-35/h7-25,33-36,39-40H,26-32H2,1-6H3. The fraction of sp³-hybridized carbons (Fsp3) is 0.368. The summed E-state index contributed by atoms with van der Waals surface area (Å²) < 4.78 is 0. The summed E-state index contributed by atoms with van der Waals surface area (Å²) in [7, 11) is 0. The summed E-state index contributed by atoms with van der Waals surface area (Å²) in [6, 6.07) is 50.1. The van der Waals surface area contributed by atoms with Crippen LogP contribution in [0, 0.1) is 23.7 Å². The van der Waals surface area contributed by atoms with Gasteiger partial charge in [-0.1, -0.05) is 133 Å². The van der Waals surface area contributed by atoms with Crippen molar-refractivity contribution in [1.29, 1.82) is 0 Å². The van der Waals surface area contributed by atoms with Crippen LogP contribution >= 0.6 is 0 Å². The second kappa shape index (κ2) is 11.9. The van der Waals surface area contributed by atoms with Crippen molar-refractivity contribution in [1.82, 2.24) is 0 Å². The van der Waals surface area contributed by atoms with E-state index in [0.29, 0.717) is 0 Å². The Morgan fingerprint density at radius 3 is 1.72 bits per heavy atom. The van der Waals surface area contributed by atoms with Crippen molar-refractivity contribution in [2.75, 3.05) is 4.90 Å². The number of fused-ring (bicyclic) bond motifs is 7. The van der Waals surface area contributed by atoms with E-state index < -0.39 is 0 Å². The molecule has 1 spiro atoms. The van der Waals surface area contributed by atoms with Crippen molar-refractivity contribution in [3.8, 4) is 33.4 Å². The summed E-state index contributed by atoms with van der Waals surface area (Å²) in [5.74, 6) is 3.50. The van der Waals surface area contributed by atoms with Crippen LogP contribution in [0.4, 0.5) is 17.1 Å². The van der Waals surface area contributed by atoms with Gasteiger partial charge in [-0.3, -0.25) is 0 Å². The van der Waals surface area contributed by atoms with Crippen molar-refractivity contribution in [2.45, 2.75) is 108 Å². The molecule has 6 aromatic carbocycles. The van der Waals surface area contributed by atoms with Crippen LogP contribution < -0.4 is 4.90 Å². The molecule has 0 heterocycles. The Balaban J connectivity index is 0.986. The molecule has 0 atom stereocenters. The first-order chi connectivity index (χ1) is 27.9. The molecular weight excluding hydrogens is 699 g/mol. The zero-order valence-electron chi connectivity index (χ0n) is 35.3. The van der Waals surface area contributed by atoms with Crippen LogP contribution in [0.1, 0.15) is 120 Å². The van der Waals surface area contributed by atoms with E-state index >= 15 is 0 Å². The Hall–Kier alpha value is -4.88. The molecule has 1 heteroatoms. The minimum atomic E-state index is -0.0731. The van der Waals surface area contributed by atoms with Crippen LogP contribution in [-0.4, -0.2) is 0 Å². The number of benzene rings is 6. The monoisotopic (exact) mass is 755 g/mol. The van der Waals surface area contributed by atoms with Crippen LogP contribution in [0.2, 0.25) is 0 Å². The quantitative estimate of drug-likeness (QED) is 0.173. The van der Waals surface area contributed by atoms with Gasteiger partial charge in [0.1, 0.15) is 0 Å². The van der Waals surface area contributed by atoms with Crippen LogP contribution in [0.25, 0.3) is 33.4 Å². The highest BCUT2D eigenvalue weighted by Crippen LogP contribution is 2.69. The van der Waals surface area contributed by atoms with Gasteiger partial charge in [0.25, 0.3) is 0 Å². The number of hydrogen-bond acceptors (Lipinski definition) is 1. The number of anilines is 3. The first kappa shape index (κ1) is 35.1. The minimum absolute atomic E-state index is 0.0568. The Kier molecular flexibility index (Phi) is 7.18. The van der Waals surface area contributed by atoms with Crippen molar-refractivity contribution in [2.24, 2.45) is 23.7 Å². The molecule has 13 rings (SSSR count). The van der Waals surface area contributed by atoms with Crippen LogP contribution in [0.15, 0.2) is 127 Å². The van der Waals surface area contributed by atoms with Gasteiger partial charge >= 0.3 is 0 Å². The lowest BCUT2D eigenvalue weighted by Gasteiger charge is -2.61. The highest BCUT2D eigenvalue weighted by Gasteiger charge is 2.61. The van der Waals surface area contributed by atoms with Gasteiger partial charge < -0.3 is 4.90 Å². The van der Waals surface area contributed by atoms with Crippen molar-refractivity contribution < 1.29 is 0 Å². The first-order valence-corrected chi connectivity index (χ1v) is 22.5. The lowest BCUT2D eigenvalue weighted by Crippen LogP contribution is -2.55. The normalized spacial score (nSPS) is 26.8. The van der Waals surface area contributed by atoms with E-state index in [2.05, 4.69) is 174 Å². The predicted octanol–water partition coefficient (Wildman–Crippen LogP) is 15.2. The van der Waals surface area contributed by atoms with E-state index in [9.17, 15) is 0 Å². The minimum Gasteiger partial charge on any atom is -0.310 e. The summed E-state index contributed by atoms with van der Waals surface area (Å²) in [6.07, 6.45) is 9.57. The number of rotatable bonds is 4. The second-order valence-electron chi connectivity index (χ2n) is 21.2. The Labute approximate surface area is 346 Å². The molecule has 0 amide bonds. The summed E-state index contributed by atoms with van der Waals surface area (Å²) in [6.45, 7) is 14.6. The van der Waals surface area contributed by atoms with Crippen molar-refractivity contribution in [3.05, 3.63) is 161 Å². The molecule has 0 saturated heterocycles. The SMILES string of the molecule is CC1(C)CCC(C)(C)c2c(N(c3ccc(-c4ccc5c(c4)-c4ccccc4C54C5CC6CC(C5)CC4C6)cc3)c3ccc4c(c3)C(C)(C)c3ccccc3-4)cccc21. The third kappa shape index (κ3) is 4.65. The third-order valence-electron chi connectivity index (χ3n) is 16.9. The zero-order valence-corrected chi connectivity index (χ0v) is 35.3. The van der Waals surface area contributed by atoms with Gasteiger partial charge in [0.15, 0.2) is 0 Å². The Morgan fingerprint density at radius 1 is 0.431 bits per heavy atom. The first-order valence-electron chi connectivity index (χ1n) is 22.5. The maximum atomic E-state index is 2.58. The third-order valence-corrected chi connectivity index (χ3v) is 16.9. The maximum absolute atomic E-state index is 2.58. The molecule has 4 bridgehead atoms. The van der Waals surface area contributed by atoms with E-state index in [1.165, 1.54) is 118 Å². The van der Waals surface area contributed by atoms with Crippen molar-refractivity contribution in [3.63, 3.8) is 0 Å². The lowest BCUT2D eigenvalue weighted by atomic mass is 9.43. The molecule has 1 nitrogen and oxygen atoms in total. The van der Waals surface area contributed by atoms with Gasteiger partial charge in [0.2, 0.25) is 0 Å². The predicted molar refractivity (Wildman–Crippen MR) is 243 cm³/mol. The van der Waals surface area contributed by atoms with Gasteiger partial charge in [0.05, 0.1) is 5.69 Å². The summed E-state index contributed by atoms with van der Waals surface area (Å²) in [4.78, 5) is 2.58. The molecule has 4 saturated carbocycles. The van der Waals surface area contributed by atoms with Crippen LogP contribution in [0.3, 0.4) is 0 Å². The summed E-state index contributed by atoms with van der Waals surface area (Å²) in [5.41, 5.74) is 21.5. The van der Waals surface area contributed by atoms with E-state index in [-0.39, 0.29) is 21.7 Å². The average Bonchev–Trinajstić information content (AvgIpc) is 3.64. The van der Waals surface area contributed by atoms with Crippen molar-refractivity contribution >= 4 is 17.1 Å². The molecule has 6 aromatic rings. The van der Waals surface area contributed by atoms with Gasteiger partial charge in [-0.15, -0.1) is 0 Å². The van der Waals surface area contributed by atoms with Crippen LogP contribution in [0.5, 0.6) is 0 Å². The second-order valence-corrected chi connectivity index (χ2v) is 21.2. The highest BCUT2D eigenvalue weighted by molar-refractivity contribution is 5.89. The topological polar surface area (TPSA) is 3.24 Å². The zero-order chi connectivity index (χ0) is 39.3. The molecule has 58 heavy (non-hydrogen) atoms. The Bertz CT molecular complexity index is 2640. The highest BCUT2D eigenvalue weighted by atomic mass is 15.1. The molecule has 0 unspecified atom stereocenters. The lowest BCUT2D eigenvalue weighted by molar-refractivity contribution is -0.0399. The average molecular weight is 756 g/mol. The van der Waals surface area contributed by atoms with E-state index in [4.69, 9.17) is 0 Å². The molecule has 7 aliphatic rings. The smallest absolute Gasteiger partial charge is 0.0502 e. The van der Waals surface area contributed by atoms with Gasteiger partial charge in [-0.2, -0.15) is 0 Å². The molecule has 290 valence electrons. The number of nitrogens with zero attached hydrogens (tertiary/aromatic N) is 1. The van der Waals surface area contributed by atoms with E-state index in [1.807, 2.05) is 0 Å². The van der Waals surface area contributed by atoms with Gasteiger partial charge in [0, 0.05) is 22.2 Å². The fourth-order valence-corrected chi connectivity index (χ4v) is 14.3. The number of hydrogen-bond donors (Lipinski definition) is 0. The molecule has 0 aliphatic heterocycles. The van der Waals surface area contributed by atoms with Crippen LogP contribution in [-0.2, 0) is 21.7 Å². The van der Waals surface area contributed by atoms with E-state index in [1.54, 1.807) is 11.1 Å². The molecule has 0 aromatic heterocycles. The largest absolute Gasteiger partial charge is 0.310 e. The fourth-order valence-electron chi connectivity index (χ4n) is 14.3. The van der Waals surface area contributed by atoms with Gasteiger partial charge in [-0.05, 0) is 183 Å². The molecular formula is C57H57N. The Morgan fingerprint density at radius 2 is 1.00 bits per heavy atom. The van der Waals surface area contributed by atoms with E-state index in [0.717, 1.165) is 23.7 Å². The molecule has 7 aliphatic carbocycles. The molecule has 4 fully saturated rings. The summed E-state index contributed by atoms with van der Waals surface area (Å²) >= 11 is 0. The molecule has 0 N–H and O–H groups in total. The maximum Gasteiger partial charge on any atom is 0.0502 e. The van der Waals surface area contributed by atoms with Gasteiger partial charge in [-0.25, -0.2) is 0 Å². The molecule has 0 radical (unpaired) electrons.